The van der Waals surface area contributed by atoms with Crippen molar-refractivity contribution in [2.45, 2.75) is 25.0 Å². The molecule has 7 nitrogen and oxygen atoms in total. The van der Waals surface area contributed by atoms with Crippen molar-refractivity contribution in [3.05, 3.63) is 18.2 Å². The van der Waals surface area contributed by atoms with E-state index in [1.54, 1.807) is 18.2 Å². The fourth-order valence-corrected chi connectivity index (χ4v) is 3.51. The zero-order valence-corrected chi connectivity index (χ0v) is 11.6. The Morgan fingerprint density at radius 1 is 1.09 bits per heavy atom. The molecule has 3 aliphatic heterocycles. The van der Waals surface area contributed by atoms with Crippen LogP contribution in [0.5, 0.6) is 11.5 Å². The molecule has 2 bridgehead atoms. The predicted octanol–water partition coefficient (Wildman–Crippen LogP) is -0.103. The van der Waals surface area contributed by atoms with Crippen LogP contribution in [-0.4, -0.2) is 30.9 Å². The third-order valence-electron chi connectivity index (χ3n) is 4.49. The molecule has 2 saturated heterocycles. The monoisotopic (exact) mass is 304 g/mol. The fraction of sp³-hybridized carbons (Fsp3) is 0.467. The number of carboxylic acid groups (broad SMARTS) is 1. The average Bonchev–Trinajstić information content (AvgIpc) is 3.20. The van der Waals surface area contributed by atoms with Crippen LogP contribution in [0.2, 0.25) is 0 Å². The molecule has 4 rings (SSSR count). The minimum Gasteiger partial charge on any atom is -0.550 e. The number of aliphatic carboxylic acids is 1. The molecule has 1 amide bonds. The summed E-state index contributed by atoms with van der Waals surface area (Å²) in [6.07, 6.45) is 0.606. The number of ether oxygens (including phenoxy) is 3. The molecule has 22 heavy (non-hydrogen) atoms. The number of amides is 1. The molecular formula is C15H14NO6-. The maximum Gasteiger partial charge on any atom is 0.231 e. The first-order valence-electron chi connectivity index (χ1n) is 7.20. The average molecular weight is 304 g/mol. The van der Waals surface area contributed by atoms with Crippen LogP contribution in [0.3, 0.4) is 0 Å². The zero-order valence-electron chi connectivity index (χ0n) is 11.6. The molecule has 7 heteroatoms. The summed E-state index contributed by atoms with van der Waals surface area (Å²) in [4.78, 5) is 23.8. The highest BCUT2D eigenvalue weighted by Gasteiger charge is 2.52. The minimum absolute atomic E-state index is 0.152. The summed E-state index contributed by atoms with van der Waals surface area (Å²) >= 11 is 0. The molecule has 0 aliphatic carbocycles. The van der Waals surface area contributed by atoms with Crippen LogP contribution in [0.1, 0.15) is 12.8 Å². The molecule has 0 spiro atoms. The second kappa shape index (κ2) is 4.88. The Balaban J connectivity index is 1.53. The van der Waals surface area contributed by atoms with E-state index >= 15 is 0 Å². The highest BCUT2D eigenvalue weighted by atomic mass is 16.7. The number of carbonyl (C=O) groups is 2. The number of nitrogens with one attached hydrogen (secondary N) is 1. The van der Waals surface area contributed by atoms with Gasteiger partial charge < -0.3 is 29.4 Å². The van der Waals surface area contributed by atoms with E-state index in [2.05, 4.69) is 5.32 Å². The van der Waals surface area contributed by atoms with Gasteiger partial charge in [0.15, 0.2) is 11.5 Å². The summed E-state index contributed by atoms with van der Waals surface area (Å²) < 4.78 is 16.0. The molecule has 116 valence electrons. The van der Waals surface area contributed by atoms with Gasteiger partial charge in [0.25, 0.3) is 0 Å². The second-order valence-corrected chi connectivity index (χ2v) is 5.72. The first kappa shape index (κ1) is 13.4. The van der Waals surface area contributed by atoms with Crippen molar-refractivity contribution in [1.29, 1.82) is 0 Å². The van der Waals surface area contributed by atoms with Gasteiger partial charge in [-0.25, -0.2) is 0 Å². The Morgan fingerprint density at radius 3 is 2.59 bits per heavy atom. The van der Waals surface area contributed by atoms with E-state index in [1.165, 1.54) is 0 Å². The molecule has 1 N–H and O–H groups in total. The van der Waals surface area contributed by atoms with Gasteiger partial charge in [-0.05, 0) is 25.0 Å². The van der Waals surface area contributed by atoms with Crippen molar-refractivity contribution >= 4 is 17.6 Å². The molecule has 0 unspecified atom stereocenters. The second-order valence-electron chi connectivity index (χ2n) is 5.72. The Kier molecular flexibility index (Phi) is 2.97. The maximum absolute atomic E-state index is 12.5. The van der Waals surface area contributed by atoms with Crippen LogP contribution in [0, 0.1) is 11.8 Å². The van der Waals surface area contributed by atoms with E-state index in [4.69, 9.17) is 14.2 Å². The van der Waals surface area contributed by atoms with Gasteiger partial charge in [0.2, 0.25) is 12.7 Å². The topological polar surface area (TPSA) is 96.9 Å². The van der Waals surface area contributed by atoms with Crippen LogP contribution in [0.4, 0.5) is 5.69 Å². The summed E-state index contributed by atoms with van der Waals surface area (Å²) in [5, 5.41) is 14.0. The molecule has 4 atom stereocenters. The van der Waals surface area contributed by atoms with E-state index in [-0.39, 0.29) is 18.8 Å². The molecule has 3 aliphatic rings. The summed E-state index contributed by atoms with van der Waals surface area (Å²) in [5.41, 5.74) is 0.536. The van der Waals surface area contributed by atoms with Gasteiger partial charge in [0, 0.05) is 23.6 Å². The van der Waals surface area contributed by atoms with Crippen molar-refractivity contribution in [3.8, 4) is 11.5 Å². The Bertz CT molecular complexity index is 645. The van der Waals surface area contributed by atoms with Crippen molar-refractivity contribution in [2.75, 3.05) is 12.1 Å². The van der Waals surface area contributed by atoms with Gasteiger partial charge in [-0.3, -0.25) is 4.79 Å². The minimum atomic E-state index is -1.22. The first-order chi connectivity index (χ1) is 10.6. The molecule has 1 aromatic rings. The van der Waals surface area contributed by atoms with E-state index in [0.29, 0.717) is 30.0 Å². The number of anilines is 1. The highest BCUT2D eigenvalue weighted by molar-refractivity contribution is 5.96. The number of carbonyl (C=O) groups excluding carboxylic acids is 2. The molecule has 0 radical (unpaired) electrons. The van der Waals surface area contributed by atoms with Crippen LogP contribution in [-0.2, 0) is 14.3 Å². The van der Waals surface area contributed by atoms with E-state index < -0.39 is 23.9 Å². The number of rotatable bonds is 3. The van der Waals surface area contributed by atoms with Gasteiger partial charge >= 0.3 is 0 Å². The highest BCUT2D eigenvalue weighted by Crippen LogP contribution is 2.44. The van der Waals surface area contributed by atoms with Crippen molar-refractivity contribution < 1.29 is 28.9 Å². The molecule has 2 fully saturated rings. The lowest BCUT2D eigenvalue weighted by Gasteiger charge is -2.27. The Hall–Kier alpha value is -2.28. The number of carboxylic acids is 1. The number of hydrogen-bond acceptors (Lipinski definition) is 6. The number of fused-ring (bicyclic) bond motifs is 3. The molecule has 1 aromatic carbocycles. The third-order valence-corrected chi connectivity index (χ3v) is 4.49. The molecule has 3 heterocycles. The smallest absolute Gasteiger partial charge is 0.231 e. The number of benzene rings is 1. The van der Waals surface area contributed by atoms with Crippen LogP contribution >= 0.6 is 0 Å². The normalized spacial score (nSPS) is 31.3. The van der Waals surface area contributed by atoms with Gasteiger partial charge in [0.05, 0.1) is 18.1 Å². The van der Waals surface area contributed by atoms with Crippen molar-refractivity contribution in [3.63, 3.8) is 0 Å². The SMILES string of the molecule is O=C(Nc1ccc2c(c1)OCO2)[C@@H]1[C@H](C(=O)[O-])[C@@H]2CC[C@H]1O2. The summed E-state index contributed by atoms with van der Waals surface area (Å²) in [6, 6.07) is 5.04. The van der Waals surface area contributed by atoms with Gasteiger partial charge in [-0.2, -0.15) is 0 Å². The van der Waals surface area contributed by atoms with E-state index in [9.17, 15) is 14.7 Å². The summed E-state index contributed by atoms with van der Waals surface area (Å²) in [6.45, 7) is 0.152. The lowest BCUT2D eigenvalue weighted by molar-refractivity contribution is -0.313. The van der Waals surface area contributed by atoms with E-state index in [0.717, 1.165) is 0 Å². The Labute approximate surface area is 126 Å². The maximum atomic E-state index is 12.5. The standard InChI is InChI=1S/C15H15NO6/c17-14(12-9-3-4-10(22-9)13(12)15(18)19)16-7-1-2-8-11(5-7)21-6-20-8/h1-2,5,9-10,12-13H,3-4,6H2,(H,16,17)(H,18,19)/p-1/t9-,10+,12+,13-/m1/s1. The van der Waals surface area contributed by atoms with Crippen molar-refractivity contribution in [2.24, 2.45) is 11.8 Å². The van der Waals surface area contributed by atoms with Gasteiger partial charge in [-0.15, -0.1) is 0 Å². The lowest BCUT2D eigenvalue weighted by Crippen LogP contribution is -2.46. The number of hydrogen-bond donors (Lipinski definition) is 1. The van der Waals surface area contributed by atoms with Gasteiger partial charge in [0.1, 0.15) is 0 Å². The molecule has 0 saturated carbocycles. The van der Waals surface area contributed by atoms with E-state index in [1.807, 2.05) is 0 Å². The fourth-order valence-electron chi connectivity index (χ4n) is 3.51. The zero-order chi connectivity index (χ0) is 15.3. The summed E-state index contributed by atoms with van der Waals surface area (Å²) in [7, 11) is 0. The van der Waals surface area contributed by atoms with Gasteiger partial charge in [-0.1, -0.05) is 0 Å². The predicted molar refractivity (Wildman–Crippen MR) is 71.1 cm³/mol. The third kappa shape index (κ3) is 2.00. The lowest BCUT2D eigenvalue weighted by atomic mass is 9.78. The molecule has 0 aromatic heterocycles. The van der Waals surface area contributed by atoms with Crippen LogP contribution in [0.25, 0.3) is 0 Å². The first-order valence-corrected chi connectivity index (χ1v) is 7.20. The van der Waals surface area contributed by atoms with Crippen LogP contribution in [0.15, 0.2) is 18.2 Å². The molecular weight excluding hydrogens is 290 g/mol. The summed E-state index contributed by atoms with van der Waals surface area (Å²) in [5.74, 6) is -2.01. The quantitative estimate of drug-likeness (QED) is 0.837. The van der Waals surface area contributed by atoms with Crippen molar-refractivity contribution in [1.82, 2.24) is 0 Å². The van der Waals surface area contributed by atoms with Crippen LogP contribution < -0.4 is 19.9 Å². The Morgan fingerprint density at radius 2 is 1.82 bits per heavy atom. The largest absolute Gasteiger partial charge is 0.550 e.